The Kier molecular flexibility index (Phi) is 6.00. The van der Waals surface area contributed by atoms with Gasteiger partial charge in [-0.2, -0.15) is 0 Å². The maximum atomic E-state index is 14.3. The maximum Gasteiger partial charge on any atom is 0.341 e. The molecular formula is C23H21O5P. The molecule has 0 unspecified atom stereocenters. The van der Waals surface area contributed by atoms with Crippen LogP contribution in [0.3, 0.4) is 0 Å². The molecular weight excluding hydrogens is 387 g/mol. The van der Waals surface area contributed by atoms with E-state index in [1.54, 1.807) is 86.6 Å². The number of benzene rings is 3. The van der Waals surface area contributed by atoms with Crippen LogP contribution in [0.4, 0.5) is 0 Å². The molecule has 0 fully saturated rings. The van der Waals surface area contributed by atoms with E-state index in [2.05, 4.69) is 0 Å². The molecule has 0 heterocycles. The molecule has 0 saturated carbocycles. The van der Waals surface area contributed by atoms with E-state index in [0.717, 1.165) is 0 Å². The van der Waals surface area contributed by atoms with Crippen LogP contribution >= 0.6 is 7.14 Å². The Morgan fingerprint density at radius 3 is 1.86 bits per heavy atom. The van der Waals surface area contributed by atoms with Crippen molar-refractivity contribution in [3.05, 3.63) is 89.5 Å². The number of rotatable bonds is 7. The summed E-state index contributed by atoms with van der Waals surface area (Å²) in [6.45, 7) is 2.92. The maximum absolute atomic E-state index is 14.3. The summed E-state index contributed by atoms with van der Waals surface area (Å²) in [6.07, 6.45) is 0. The van der Waals surface area contributed by atoms with E-state index >= 15 is 0 Å². The zero-order valence-corrected chi connectivity index (χ0v) is 17.1. The van der Waals surface area contributed by atoms with E-state index in [-0.39, 0.29) is 5.75 Å². The van der Waals surface area contributed by atoms with Gasteiger partial charge >= 0.3 is 5.97 Å². The lowest BCUT2D eigenvalue weighted by Gasteiger charge is -2.21. The average Bonchev–Trinajstić information content (AvgIpc) is 2.73. The van der Waals surface area contributed by atoms with Crippen molar-refractivity contribution in [1.82, 2.24) is 0 Å². The minimum atomic E-state index is -3.66. The van der Waals surface area contributed by atoms with Crippen LogP contribution in [0.2, 0.25) is 0 Å². The SMILES string of the molecule is Cc1ccc(OCC(=O)O)c(C)c1C(=O)P(=O)(c1ccccc1)c1ccccc1. The number of carbonyl (C=O) groups excluding carboxylic acids is 1. The predicted molar refractivity (Wildman–Crippen MR) is 113 cm³/mol. The number of ether oxygens (including phenoxy) is 1. The van der Waals surface area contributed by atoms with Crippen molar-refractivity contribution in [1.29, 1.82) is 0 Å². The first-order valence-corrected chi connectivity index (χ1v) is 10.8. The highest BCUT2D eigenvalue weighted by atomic mass is 31.2. The molecule has 0 aliphatic heterocycles. The standard InChI is InChI=1S/C23H21O5P/c1-16-13-14-20(28-15-21(24)25)17(2)22(16)23(26)29(27,18-9-5-3-6-10-18)19-11-7-4-8-12-19/h3-14H,15H2,1-2H3,(H,24,25). The quantitative estimate of drug-likeness (QED) is 0.600. The number of aryl methyl sites for hydroxylation is 1. The molecule has 0 atom stereocenters. The Balaban J connectivity index is 2.19. The number of hydrogen-bond acceptors (Lipinski definition) is 4. The van der Waals surface area contributed by atoms with Crippen molar-refractivity contribution >= 4 is 29.2 Å². The number of carboxylic acid groups (broad SMARTS) is 1. The molecule has 1 N–H and O–H groups in total. The van der Waals surface area contributed by atoms with Gasteiger partial charge in [0.1, 0.15) is 5.75 Å². The fraction of sp³-hybridized carbons (Fsp3) is 0.130. The molecule has 5 nitrogen and oxygen atoms in total. The van der Waals surface area contributed by atoms with Crippen LogP contribution in [0, 0.1) is 13.8 Å². The number of hydrogen-bond donors (Lipinski definition) is 1. The Bertz CT molecular complexity index is 1050. The van der Waals surface area contributed by atoms with Gasteiger partial charge in [0, 0.05) is 21.7 Å². The highest BCUT2D eigenvalue weighted by Gasteiger charge is 2.38. The lowest BCUT2D eigenvalue weighted by atomic mass is 10.0. The molecule has 148 valence electrons. The van der Waals surface area contributed by atoms with Gasteiger partial charge in [0.15, 0.2) is 6.61 Å². The van der Waals surface area contributed by atoms with Gasteiger partial charge in [0.2, 0.25) is 12.7 Å². The monoisotopic (exact) mass is 408 g/mol. The van der Waals surface area contributed by atoms with E-state index in [9.17, 15) is 14.2 Å². The summed E-state index contributed by atoms with van der Waals surface area (Å²) in [6, 6.07) is 20.7. The largest absolute Gasteiger partial charge is 0.482 e. The third-order valence-electron chi connectivity index (χ3n) is 4.71. The second-order valence-electron chi connectivity index (χ2n) is 6.65. The molecule has 0 amide bonds. The predicted octanol–water partition coefficient (Wildman–Crippen LogP) is 3.92. The molecule has 3 aromatic carbocycles. The highest BCUT2D eigenvalue weighted by Crippen LogP contribution is 2.48. The normalized spacial score (nSPS) is 11.1. The Labute approximate surface area is 169 Å². The van der Waals surface area contributed by atoms with Crippen LogP contribution in [-0.4, -0.2) is 23.2 Å². The van der Waals surface area contributed by atoms with E-state index < -0.39 is 25.2 Å². The van der Waals surface area contributed by atoms with Gasteiger partial charge in [-0.25, -0.2) is 4.79 Å². The summed E-state index contributed by atoms with van der Waals surface area (Å²) in [7, 11) is -3.66. The molecule has 0 spiro atoms. The molecule has 6 heteroatoms. The third kappa shape index (κ3) is 4.01. The topological polar surface area (TPSA) is 80.7 Å². The lowest BCUT2D eigenvalue weighted by Crippen LogP contribution is -2.24. The van der Waals surface area contributed by atoms with E-state index in [4.69, 9.17) is 9.84 Å². The Morgan fingerprint density at radius 1 is 0.862 bits per heavy atom. The summed E-state index contributed by atoms with van der Waals surface area (Å²) in [5.74, 6) is -0.828. The van der Waals surface area contributed by atoms with Gasteiger partial charge in [0.05, 0.1) is 0 Å². The van der Waals surface area contributed by atoms with Gasteiger partial charge in [0.25, 0.3) is 0 Å². The van der Waals surface area contributed by atoms with Crippen molar-refractivity contribution in [2.24, 2.45) is 0 Å². The summed E-state index contributed by atoms with van der Waals surface area (Å²) in [5, 5.41) is 9.79. The Hall–Kier alpha value is -3.17. The van der Waals surface area contributed by atoms with Gasteiger partial charge < -0.3 is 14.4 Å². The van der Waals surface area contributed by atoms with Crippen LogP contribution in [0.1, 0.15) is 21.5 Å². The summed E-state index contributed by atoms with van der Waals surface area (Å²) < 4.78 is 19.6. The van der Waals surface area contributed by atoms with Gasteiger partial charge in [-0.15, -0.1) is 0 Å². The van der Waals surface area contributed by atoms with Crippen molar-refractivity contribution in [2.45, 2.75) is 13.8 Å². The molecule has 3 aromatic rings. The smallest absolute Gasteiger partial charge is 0.341 e. The third-order valence-corrected chi connectivity index (χ3v) is 7.56. The zero-order chi connectivity index (χ0) is 21.0. The second kappa shape index (κ2) is 8.46. The van der Waals surface area contributed by atoms with Crippen LogP contribution in [0.5, 0.6) is 5.75 Å². The van der Waals surface area contributed by atoms with Crippen molar-refractivity contribution in [3.63, 3.8) is 0 Å². The molecule has 29 heavy (non-hydrogen) atoms. The first kappa shape index (κ1) is 20.6. The molecule has 0 radical (unpaired) electrons. The van der Waals surface area contributed by atoms with Crippen molar-refractivity contribution in [2.75, 3.05) is 6.61 Å². The van der Waals surface area contributed by atoms with E-state index in [0.29, 0.717) is 27.3 Å². The number of carbonyl (C=O) groups is 2. The molecule has 0 aromatic heterocycles. The second-order valence-corrected chi connectivity index (χ2v) is 9.31. The minimum absolute atomic E-state index is 0.286. The van der Waals surface area contributed by atoms with Crippen molar-refractivity contribution < 1.29 is 24.0 Å². The van der Waals surface area contributed by atoms with E-state index in [1.165, 1.54) is 0 Å². The fourth-order valence-corrected chi connectivity index (χ4v) is 5.88. The first-order chi connectivity index (χ1) is 13.9. The minimum Gasteiger partial charge on any atom is -0.482 e. The zero-order valence-electron chi connectivity index (χ0n) is 16.2. The molecule has 3 rings (SSSR count). The fourth-order valence-electron chi connectivity index (χ4n) is 3.27. The first-order valence-electron chi connectivity index (χ1n) is 9.06. The van der Waals surface area contributed by atoms with Crippen LogP contribution in [-0.2, 0) is 9.36 Å². The van der Waals surface area contributed by atoms with E-state index in [1.807, 2.05) is 0 Å². The van der Waals surface area contributed by atoms with Gasteiger partial charge in [-0.05, 0) is 25.5 Å². The summed E-state index contributed by atoms with van der Waals surface area (Å²) in [5.41, 5.74) is 0.931. The number of carboxylic acids is 1. The molecule has 0 saturated heterocycles. The van der Waals surface area contributed by atoms with Crippen molar-refractivity contribution in [3.8, 4) is 5.75 Å². The van der Waals surface area contributed by atoms with Gasteiger partial charge in [-0.3, -0.25) is 4.79 Å². The highest BCUT2D eigenvalue weighted by molar-refractivity contribution is 7.93. The summed E-state index contributed by atoms with van der Waals surface area (Å²) >= 11 is 0. The average molecular weight is 408 g/mol. The molecule has 0 aliphatic rings. The summed E-state index contributed by atoms with van der Waals surface area (Å²) in [4.78, 5) is 24.6. The van der Waals surface area contributed by atoms with Crippen LogP contribution < -0.4 is 15.3 Å². The lowest BCUT2D eigenvalue weighted by molar-refractivity contribution is -0.139. The Morgan fingerprint density at radius 2 is 1.38 bits per heavy atom. The molecule has 0 bridgehead atoms. The van der Waals surface area contributed by atoms with Gasteiger partial charge in [-0.1, -0.05) is 66.7 Å². The molecule has 0 aliphatic carbocycles. The van der Waals surface area contributed by atoms with Crippen LogP contribution in [0.15, 0.2) is 72.8 Å². The van der Waals surface area contributed by atoms with Crippen LogP contribution in [0.25, 0.3) is 0 Å². The number of aliphatic carboxylic acids is 1.